The van der Waals surface area contributed by atoms with E-state index in [1.165, 1.54) is 0 Å². The molecule has 0 bridgehead atoms. The summed E-state index contributed by atoms with van der Waals surface area (Å²) in [6.07, 6.45) is 1.55. The molecule has 1 unspecified atom stereocenters. The molecule has 0 heterocycles. The van der Waals surface area contributed by atoms with Crippen LogP contribution in [0.3, 0.4) is 0 Å². The number of aliphatic hydroxyl groups is 1. The summed E-state index contributed by atoms with van der Waals surface area (Å²) in [6, 6.07) is 0. The Morgan fingerprint density at radius 1 is 1.60 bits per heavy atom. The molecular weight excluding hydrogens is 126 g/mol. The standard InChI is InChI=1S/C8H17NO/c1-4-5-9-6-8(10)7(2)3/h4,7-10H,1,5-6H2,2-3H3. The van der Waals surface area contributed by atoms with Crippen molar-refractivity contribution in [1.82, 2.24) is 5.32 Å². The SMILES string of the molecule is C=CCNCC(O)C(C)C. The van der Waals surface area contributed by atoms with Crippen LogP contribution < -0.4 is 5.32 Å². The predicted molar refractivity (Wildman–Crippen MR) is 43.9 cm³/mol. The fourth-order valence-electron chi connectivity index (χ4n) is 0.569. The third-order valence-electron chi connectivity index (χ3n) is 1.41. The van der Waals surface area contributed by atoms with Gasteiger partial charge in [0.2, 0.25) is 0 Å². The summed E-state index contributed by atoms with van der Waals surface area (Å²) in [4.78, 5) is 0. The van der Waals surface area contributed by atoms with Crippen molar-refractivity contribution < 1.29 is 5.11 Å². The van der Waals surface area contributed by atoms with E-state index in [1.54, 1.807) is 6.08 Å². The van der Waals surface area contributed by atoms with E-state index in [0.717, 1.165) is 6.54 Å². The van der Waals surface area contributed by atoms with Crippen molar-refractivity contribution in [2.45, 2.75) is 20.0 Å². The zero-order chi connectivity index (χ0) is 7.98. The number of aliphatic hydroxyl groups excluding tert-OH is 1. The second-order valence-electron chi connectivity index (χ2n) is 2.76. The molecule has 2 N–H and O–H groups in total. The molecule has 0 saturated carbocycles. The molecule has 0 saturated heterocycles. The second-order valence-corrected chi connectivity index (χ2v) is 2.76. The second kappa shape index (κ2) is 5.45. The van der Waals surface area contributed by atoms with E-state index in [0.29, 0.717) is 12.5 Å². The van der Waals surface area contributed by atoms with Crippen LogP contribution in [0, 0.1) is 5.92 Å². The summed E-state index contributed by atoms with van der Waals surface area (Å²) in [5.41, 5.74) is 0. The number of rotatable bonds is 5. The lowest BCUT2D eigenvalue weighted by Crippen LogP contribution is -2.30. The van der Waals surface area contributed by atoms with Gasteiger partial charge in [0.25, 0.3) is 0 Å². The van der Waals surface area contributed by atoms with E-state index in [1.807, 2.05) is 13.8 Å². The lowest BCUT2D eigenvalue weighted by atomic mass is 10.1. The van der Waals surface area contributed by atoms with Crippen LogP contribution in [-0.2, 0) is 0 Å². The summed E-state index contributed by atoms with van der Waals surface area (Å²) < 4.78 is 0. The molecule has 0 aliphatic rings. The maximum Gasteiger partial charge on any atom is 0.0687 e. The highest BCUT2D eigenvalue weighted by molar-refractivity contribution is 4.72. The average molecular weight is 143 g/mol. The first-order chi connectivity index (χ1) is 4.68. The van der Waals surface area contributed by atoms with Gasteiger partial charge in [0.15, 0.2) is 0 Å². The van der Waals surface area contributed by atoms with Crippen LogP contribution in [0.5, 0.6) is 0 Å². The minimum Gasteiger partial charge on any atom is -0.392 e. The number of nitrogens with one attached hydrogen (secondary N) is 1. The molecule has 0 rings (SSSR count). The van der Waals surface area contributed by atoms with Gasteiger partial charge in [-0.1, -0.05) is 19.9 Å². The van der Waals surface area contributed by atoms with E-state index in [2.05, 4.69) is 11.9 Å². The molecule has 0 aliphatic carbocycles. The predicted octanol–water partition coefficient (Wildman–Crippen LogP) is 0.779. The van der Waals surface area contributed by atoms with Gasteiger partial charge >= 0.3 is 0 Å². The van der Waals surface area contributed by atoms with Crippen LogP contribution in [0.1, 0.15) is 13.8 Å². The van der Waals surface area contributed by atoms with Gasteiger partial charge < -0.3 is 10.4 Å². The third kappa shape index (κ3) is 4.53. The molecule has 10 heavy (non-hydrogen) atoms. The Bertz CT molecular complexity index is 91.3. The lowest BCUT2D eigenvalue weighted by Gasteiger charge is -2.13. The zero-order valence-electron chi connectivity index (χ0n) is 6.80. The number of hydrogen-bond acceptors (Lipinski definition) is 2. The molecule has 0 fully saturated rings. The van der Waals surface area contributed by atoms with Crippen molar-refractivity contribution in [3.8, 4) is 0 Å². The molecule has 2 heteroatoms. The summed E-state index contributed by atoms with van der Waals surface area (Å²) in [5, 5.41) is 12.3. The molecule has 2 nitrogen and oxygen atoms in total. The Balaban J connectivity index is 3.21. The van der Waals surface area contributed by atoms with Crippen molar-refractivity contribution in [3.05, 3.63) is 12.7 Å². The molecule has 0 aromatic rings. The van der Waals surface area contributed by atoms with Gasteiger partial charge in [-0.15, -0.1) is 6.58 Å². The Labute approximate surface area is 62.9 Å². The van der Waals surface area contributed by atoms with Crippen LogP contribution in [0.15, 0.2) is 12.7 Å². The minimum atomic E-state index is -0.236. The third-order valence-corrected chi connectivity index (χ3v) is 1.41. The molecule has 1 atom stereocenters. The Hall–Kier alpha value is -0.340. The van der Waals surface area contributed by atoms with Crippen LogP contribution in [0.25, 0.3) is 0 Å². The normalized spacial score (nSPS) is 13.6. The fraction of sp³-hybridized carbons (Fsp3) is 0.750. The molecule has 0 spiro atoms. The minimum absolute atomic E-state index is 0.236. The fourth-order valence-corrected chi connectivity index (χ4v) is 0.569. The molecule has 0 amide bonds. The Morgan fingerprint density at radius 3 is 2.60 bits per heavy atom. The lowest BCUT2D eigenvalue weighted by molar-refractivity contribution is 0.125. The van der Waals surface area contributed by atoms with Crippen LogP contribution in [0.4, 0.5) is 0 Å². The molecular formula is C8H17NO. The van der Waals surface area contributed by atoms with Crippen LogP contribution in [-0.4, -0.2) is 24.3 Å². The first-order valence-corrected chi connectivity index (χ1v) is 3.68. The summed E-state index contributed by atoms with van der Waals surface area (Å²) >= 11 is 0. The van der Waals surface area contributed by atoms with Gasteiger partial charge in [-0.05, 0) is 5.92 Å². The largest absolute Gasteiger partial charge is 0.392 e. The van der Waals surface area contributed by atoms with Crippen molar-refractivity contribution in [2.24, 2.45) is 5.92 Å². The van der Waals surface area contributed by atoms with E-state index < -0.39 is 0 Å². The first kappa shape index (κ1) is 9.66. The average Bonchev–Trinajstić information content (AvgIpc) is 1.88. The molecule has 0 aliphatic heterocycles. The molecule has 0 aromatic carbocycles. The van der Waals surface area contributed by atoms with Crippen LogP contribution in [0.2, 0.25) is 0 Å². The van der Waals surface area contributed by atoms with Gasteiger partial charge in [-0.25, -0.2) is 0 Å². The molecule has 0 radical (unpaired) electrons. The van der Waals surface area contributed by atoms with Crippen molar-refractivity contribution in [2.75, 3.05) is 13.1 Å². The summed E-state index contributed by atoms with van der Waals surface area (Å²) in [5.74, 6) is 0.331. The van der Waals surface area contributed by atoms with Gasteiger partial charge in [0.05, 0.1) is 6.10 Å². The van der Waals surface area contributed by atoms with Crippen LogP contribution >= 0.6 is 0 Å². The van der Waals surface area contributed by atoms with Crippen molar-refractivity contribution >= 4 is 0 Å². The Kier molecular flexibility index (Phi) is 5.26. The monoisotopic (exact) mass is 143 g/mol. The number of hydrogen-bond donors (Lipinski definition) is 2. The maximum absolute atomic E-state index is 9.26. The highest BCUT2D eigenvalue weighted by Crippen LogP contribution is 1.98. The van der Waals surface area contributed by atoms with Gasteiger partial charge in [0, 0.05) is 13.1 Å². The topological polar surface area (TPSA) is 32.3 Å². The van der Waals surface area contributed by atoms with E-state index in [4.69, 9.17) is 0 Å². The van der Waals surface area contributed by atoms with Gasteiger partial charge in [-0.3, -0.25) is 0 Å². The maximum atomic E-state index is 9.26. The molecule has 0 aromatic heterocycles. The van der Waals surface area contributed by atoms with Gasteiger partial charge in [0.1, 0.15) is 0 Å². The highest BCUT2D eigenvalue weighted by atomic mass is 16.3. The Morgan fingerprint density at radius 2 is 2.20 bits per heavy atom. The van der Waals surface area contributed by atoms with E-state index in [-0.39, 0.29) is 6.10 Å². The smallest absolute Gasteiger partial charge is 0.0687 e. The van der Waals surface area contributed by atoms with E-state index in [9.17, 15) is 5.11 Å². The van der Waals surface area contributed by atoms with E-state index >= 15 is 0 Å². The highest BCUT2D eigenvalue weighted by Gasteiger charge is 2.06. The molecule has 60 valence electrons. The van der Waals surface area contributed by atoms with Crippen molar-refractivity contribution in [3.63, 3.8) is 0 Å². The summed E-state index contributed by atoms with van der Waals surface area (Å²) in [6.45, 7) is 8.98. The first-order valence-electron chi connectivity index (χ1n) is 3.68. The summed E-state index contributed by atoms with van der Waals surface area (Å²) in [7, 11) is 0. The van der Waals surface area contributed by atoms with Crippen molar-refractivity contribution in [1.29, 1.82) is 0 Å². The quantitative estimate of drug-likeness (QED) is 0.440. The zero-order valence-corrected chi connectivity index (χ0v) is 6.80. The van der Waals surface area contributed by atoms with Gasteiger partial charge in [-0.2, -0.15) is 0 Å².